The fourth-order valence-corrected chi connectivity index (χ4v) is 2.61. The molecule has 0 spiro atoms. The Morgan fingerprint density at radius 2 is 1.77 bits per heavy atom. The molecule has 0 aliphatic carbocycles. The number of nitrogens with one attached hydrogen (secondary N) is 1. The highest BCUT2D eigenvalue weighted by Gasteiger charge is 2.35. The number of carbonyl (C=O) groups is 1. The normalized spacial score (nSPS) is 14.2. The van der Waals surface area contributed by atoms with Crippen LogP contribution in [-0.2, 0) is 11.8 Å². The van der Waals surface area contributed by atoms with E-state index in [9.17, 15) is 23.1 Å². The number of halogens is 3. The van der Waals surface area contributed by atoms with Gasteiger partial charge in [-0.25, -0.2) is 0 Å². The van der Waals surface area contributed by atoms with Crippen LogP contribution in [0.25, 0.3) is 11.0 Å². The Kier molecular flexibility index (Phi) is 4.50. The maximum absolute atomic E-state index is 13.0. The molecule has 1 atom stereocenters. The van der Waals surface area contributed by atoms with Gasteiger partial charge in [0.05, 0.1) is 17.7 Å². The largest absolute Gasteiger partial charge is 0.458 e. The molecule has 0 fully saturated rings. The summed E-state index contributed by atoms with van der Waals surface area (Å²) in [5, 5.41) is 13.7. The smallest absolute Gasteiger partial charge is 0.417 e. The molecule has 0 aliphatic rings. The molecule has 136 valence electrons. The van der Waals surface area contributed by atoms with Crippen LogP contribution in [0.3, 0.4) is 0 Å². The highest BCUT2D eigenvalue weighted by atomic mass is 19.4. The second kappa shape index (κ2) is 6.49. The molecule has 3 rings (SSSR count). The number of para-hydroxylation sites is 1. The molecule has 0 unspecified atom stereocenters. The lowest BCUT2D eigenvalue weighted by Crippen LogP contribution is -2.39. The fraction of sp³-hybridized carbons (Fsp3) is 0.211. The second-order valence-electron chi connectivity index (χ2n) is 6.15. The summed E-state index contributed by atoms with van der Waals surface area (Å²) in [4.78, 5) is 12.2. The zero-order chi connectivity index (χ0) is 18.9. The van der Waals surface area contributed by atoms with E-state index < -0.39 is 28.8 Å². The van der Waals surface area contributed by atoms with E-state index in [1.807, 2.05) is 6.07 Å². The number of benzene rings is 2. The Labute approximate surface area is 147 Å². The number of fused-ring (bicyclic) bond motifs is 1. The molecule has 4 nitrogen and oxygen atoms in total. The maximum atomic E-state index is 13.0. The van der Waals surface area contributed by atoms with Gasteiger partial charge in [0.2, 0.25) is 0 Å². The van der Waals surface area contributed by atoms with E-state index in [0.29, 0.717) is 5.58 Å². The molecule has 1 aromatic heterocycles. The highest BCUT2D eigenvalue weighted by Crippen LogP contribution is 2.32. The summed E-state index contributed by atoms with van der Waals surface area (Å²) in [5.41, 5.74) is -2.54. The van der Waals surface area contributed by atoms with Gasteiger partial charge in [-0.05, 0) is 31.2 Å². The van der Waals surface area contributed by atoms with Gasteiger partial charge >= 0.3 is 6.18 Å². The van der Waals surface area contributed by atoms with Gasteiger partial charge in [0.1, 0.15) is 16.9 Å². The quantitative estimate of drug-likeness (QED) is 0.734. The number of aliphatic hydroxyl groups is 1. The van der Waals surface area contributed by atoms with E-state index >= 15 is 0 Å². The third kappa shape index (κ3) is 3.57. The van der Waals surface area contributed by atoms with Gasteiger partial charge in [-0.15, -0.1) is 0 Å². The van der Waals surface area contributed by atoms with Gasteiger partial charge in [-0.2, -0.15) is 13.2 Å². The SMILES string of the molecule is C[C@@](O)(CNC(=O)c1ccccc1C(F)(F)F)c1cc2ccccc2o1. The molecule has 2 N–H and O–H groups in total. The van der Waals surface area contributed by atoms with Gasteiger partial charge < -0.3 is 14.8 Å². The number of amides is 1. The first kappa shape index (κ1) is 18.0. The minimum Gasteiger partial charge on any atom is -0.458 e. The zero-order valence-electron chi connectivity index (χ0n) is 13.8. The average Bonchev–Trinajstić information content (AvgIpc) is 3.04. The number of hydrogen-bond donors (Lipinski definition) is 2. The topological polar surface area (TPSA) is 62.5 Å². The van der Waals surface area contributed by atoms with Crippen molar-refractivity contribution in [2.24, 2.45) is 0 Å². The summed E-state index contributed by atoms with van der Waals surface area (Å²) in [6.45, 7) is 1.11. The van der Waals surface area contributed by atoms with Crippen LogP contribution in [-0.4, -0.2) is 17.6 Å². The number of rotatable bonds is 4. The lowest BCUT2D eigenvalue weighted by atomic mass is 10.0. The van der Waals surface area contributed by atoms with E-state index in [4.69, 9.17) is 4.42 Å². The maximum Gasteiger partial charge on any atom is 0.417 e. The van der Waals surface area contributed by atoms with Crippen molar-refractivity contribution in [1.82, 2.24) is 5.32 Å². The van der Waals surface area contributed by atoms with E-state index in [1.54, 1.807) is 24.3 Å². The molecule has 0 radical (unpaired) electrons. The lowest BCUT2D eigenvalue weighted by molar-refractivity contribution is -0.137. The summed E-state index contributed by atoms with van der Waals surface area (Å²) < 4.78 is 44.6. The van der Waals surface area contributed by atoms with Crippen molar-refractivity contribution in [1.29, 1.82) is 0 Å². The van der Waals surface area contributed by atoms with E-state index in [-0.39, 0.29) is 12.3 Å². The van der Waals surface area contributed by atoms with Crippen LogP contribution in [0.5, 0.6) is 0 Å². The van der Waals surface area contributed by atoms with Crippen molar-refractivity contribution >= 4 is 16.9 Å². The molecule has 0 aliphatic heterocycles. The number of alkyl halides is 3. The number of hydrogen-bond acceptors (Lipinski definition) is 3. The third-order valence-electron chi connectivity index (χ3n) is 4.03. The Morgan fingerprint density at radius 1 is 1.12 bits per heavy atom. The van der Waals surface area contributed by atoms with Gasteiger partial charge in [-0.1, -0.05) is 30.3 Å². The highest BCUT2D eigenvalue weighted by molar-refractivity contribution is 5.95. The molecule has 3 aromatic rings. The minimum absolute atomic E-state index is 0.211. The van der Waals surface area contributed by atoms with Crippen molar-refractivity contribution in [3.63, 3.8) is 0 Å². The van der Waals surface area contributed by atoms with Crippen molar-refractivity contribution in [3.8, 4) is 0 Å². The fourth-order valence-electron chi connectivity index (χ4n) is 2.61. The van der Waals surface area contributed by atoms with Crippen LogP contribution in [0.15, 0.2) is 59.0 Å². The summed E-state index contributed by atoms with van der Waals surface area (Å²) >= 11 is 0. The standard InChI is InChI=1S/C19H16F3NO3/c1-18(25,16-10-12-6-2-5-9-15(12)26-16)11-23-17(24)13-7-3-4-8-14(13)19(20,21)22/h2-10,25H,11H2,1H3,(H,23,24)/t18-/m1/s1. The van der Waals surface area contributed by atoms with E-state index in [0.717, 1.165) is 17.5 Å². The van der Waals surface area contributed by atoms with Crippen LogP contribution in [0.1, 0.15) is 28.6 Å². The van der Waals surface area contributed by atoms with Crippen LogP contribution >= 0.6 is 0 Å². The molecule has 1 amide bonds. The van der Waals surface area contributed by atoms with Crippen LogP contribution < -0.4 is 5.32 Å². The summed E-state index contributed by atoms with van der Waals surface area (Å²) in [6, 6.07) is 13.2. The Morgan fingerprint density at radius 3 is 2.46 bits per heavy atom. The molecule has 2 aromatic carbocycles. The van der Waals surface area contributed by atoms with Crippen molar-refractivity contribution < 1.29 is 27.5 Å². The molecule has 26 heavy (non-hydrogen) atoms. The van der Waals surface area contributed by atoms with Crippen LogP contribution in [0.2, 0.25) is 0 Å². The first-order chi connectivity index (χ1) is 12.2. The Hall–Kier alpha value is -2.80. The van der Waals surface area contributed by atoms with E-state index in [1.165, 1.54) is 19.1 Å². The van der Waals surface area contributed by atoms with Gasteiger partial charge in [0.15, 0.2) is 0 Å². The first-order valence-corrected chi connectivity index (χ1v) is 7.84. The van der Waals surface area contributed by atoms with Crippen molar-refractivity contribution in [2.75, 3.05) is 6.54 Å². The third-order valence-corrected chi connectivity index (χ3v) is 4.03. The molecule has 1 heterocycles. The van der Waals surface area contributed by atoms with Crippen LogP contribution in [0.4, 0.5) is 13.2 Å². The minimum atomic E-state index is -4.64. The zero-order valence-corrected chi connectivity index (χ0v) is 13.8. The molecular weight excluding hydrogens is 347 g/mol. The molecule has 0 saturated carbocycles. The van der Waals surface area contributed by atoms with E-state index in [2.05, 4.69) is 5.32 Å². The van der Waals surface area contributed by atoms with Crippen LogP contribution in [0, 0.1) is 0 Å². The van der Waals surface area contributed by atoms with Gasteiger partial charge in [-0.3, -0.25) is 4.79 Å². The second-order valence-corrected chi connectivity index (χ2v) is 6.15. The van der Waals surface area contributed by atoms with Gasteiger partial charge in [0.25, 0.3) is 5.91 Å². The Bertz CT molecular complexity index is 911. The molecular formula is C19H16F3NO3. The summed E-state index contributed by atoms with van der Waals surface area (Å²) in [5.74, 6) is -0.711. The predicted molar refractivity (Wildman–Crippen MR) is 89.6 cm³/mol. The lowest BCUT2D eigenvalue weighted by Gasteiger charge is -2.21. The average molecular weight is 363 g/mol. The molecule has 0 bridgehead atoms. The monoisotopic (exact) mass is 363 g/mol. The Balaban J connectivity index is 1.79. The van der Waals surface area contributed by atoms with Gasteiger partial charge in [0, 0.05) is 5.39 Å². The number of carbonyl (C=O) groups excluding carboxylic acids is 1. The molecule has 7 heteroatoms. The van der Waals surface area contributed by atoms with Crippen molar-refractivity contribution in [2.45, 2.75) is 18.7 Å². The van der Waals surface area contributed by atoms with Crippen molar-refractivity contribution in [3.05, 3.63) is 71.5 Å². The summed E-state index contributed by atoms with van der Waals surface area (Å²) in [7, 11) is 0. The molecule has 0 saturated heterocycles. The first-order valence-electron chi connectivity index (χ1n) is 7.84. The number of furan rings is 1. The summed E-state index contributed by atoms with van der Waals surface area (Å²) in [6.07, 6.45) is -4.64. The predicted octanol–water partition coefficient (Wildman–Crippen LogP) is 4.09.